The molecule has 0 bridgehead atoms. The fraction of sp³-hybridized carbons (Fsp3) is 0.778. The van der Waals surface area contributed by atoms with Gasteiger partial charge in [0, 0.05) is 13.1 Å². The van der Waals surface area contributed by atoms with Crippen LogP contribution in [0.15, 0.2) is 0 Å². The summed E-state index contributed by atoms with van der Waals surface area (Å²) in [5.41, 5.74) is 0. The molecule has 0 saturated carbocycles. The van der Waals surface area contributed by atoms with Gasteiger partial charge in [-0.15, -0.1) is 0 Å². The maximum Gasteiger partial charge on any atom is 0.471 e. The number of carbonyl (C=O) groups is 2. The number of alkyl halides is 3. The second kappa shape index (κ2) is 5.35. The van der Waals surface area contributed by atoms with E-state index in [0.717, 1.165) is 0 Å². The summed E-state index contributed by atoms with van der Waals surface area (Å²) in [5, 5.41) is 10.7. The van der Waals surface area contributed by atoms with E-state index in [4.69, 9.17) is 0 Å². The summed E-state index contributed by atoms with van der Waals surface area (Å²) < 4.78 is 35.5. The Morgan fingerprint density at radius 1 is 1.29 bits per heavy atom. The number of carbonyl (C=O) groups excluding carboxylic acids is 2. The molecule has 1 fully saturated rings. The minimum Gasteiger partial charge on any atom is -0.393 e. The van der Waals surface area contributed by atoms with Crippen LogP contribution in [-0.4, -0.2) is 53.7 Å². The SMILES string of the molecule is O=C(CNC(=O)C(F)(F)F)N1CCC(O)CC1. The summed E-state index contributed by atoms with van der Waals surface area (Å²) >= 11 is 0. The molecule has 1 heterocycles. The van der Waals surface area contributed by atoms with Crippen LogP contribution in [0.25, 0.3) is 0 Å². The summed E-state index contributed by atoms with van der Waals surface area (Å²) in [4.78, 5) is 23.2. The highest BCUT2D eigenvalue weighted by atomic mass is 19.4. The number of aliphatic hydroxyl groups is 1. The van der Waals surface area contributed by atoms with Crippen molar-refractivity contribution in [3.63, 3.8) is 0 Å². The summed E-state index contributed by atoms with van der Waals surface area (Å²) in [6.07, 6.45) is -4.64. The molecule has 0 atom stereocenters. The molecule has 0 aromatic carbocycles. The van der Waals surface area contributed by atoms with Crippen molar-refractivity contribution in [2.45, 2.75) is 25.1 Å². The third-order valence-electron chi connectivity index (χ3n) is 2.47. The Morgan fingerprint density at radius 3 is 2.29 bits per heavy atom. The van der Waals surface area contributed by atoms with Crippen molar-refractivity contribution >= 4 is 11.8 Å². The zero-order valence-corrected chi connectivity index (χ0v) is 8.96. The van der Waals surface area contributed by atoms with Gasteiger partial charge >= 0.3 is 12.1 Å². The van der Waals surface area contributed by atoms with Crippen LogP contribution in [0, 0.1) is 0 Å². The van der Waals surface area contributed by atoms with Gasteiger partial charge in [0.15, 0.2) is 0 Å². The Bertz CT molecular complexity index is 298. The van der Waals surface area contributed by atoms with Crippen molar-refractivity contribution in [1.82, 2.24) is 10.2 Å². The smallest absolute Gasteiger partial charge is 0.393 e. The predicted octanol–water partition coefficient (Wildman–Crippen LogP) is -0.352. The largest absolute Gasteiger partial charge is 0.471 e. The van der Waals surface area contributed by atoms with E-state index in [1.165, 1.54) is 10.2 Å². The van der Waals surface area contributed by atoms with Gasteiger partial charge in [0.2, 0.25) is 5.91 Å². The number of piperidine rings is 1. The van der Waals surface area contributed by atoms with Gasteiger partial charge in [-0.05, 0) is 12.8 Å². The Balaban J connectivity index is 2.33. The molecule has 2 amide bonds. The van der Waals surface area contributed by atoms with Crippen molar-refractivity contribution in [2.24, 2.45) is 0 Å². The topological polar surface area (TPSA) is 69.6 Å². The Hall–Kier alpha value is -1.31. The molecule has 17 heavy (non-hydrogen) atoms. The van der Waals surface area contributed by atoms with Crippen LogP contribution in [0.4, 0.5) is 13.2 Å². The predicted molar refractivity (Wildman–Crippen MR) is 50.9 cm³/mol. The van der Waals surface area contributed by atoms with Crippen molar-refractivity contribution < 1.29 is 27.9 Å². The number of nitrogens with zero attached hydrogens (tertiary/aromatic N) is 1. The number of hydrogen-bond donors (Lipinski definition) is 2. The van der Waals surface area contributed by atoms with Gasteiger partial charge in [0.1, 0.15) is 0 Å². The molecule has 2 N–H and O–H groups in total. The maximum absolute atomic E-state index is 11.8. The van der Waals surface area contributed by atoms with Crippen LogP contribution in [0.2, 0.25) is 0 Å². The normalized spacial score (nSPS) is 18.0. The Labute approximate surface area is 95.6 Å². The van der Waals surface area contributed by atoms with Crippen molar-refractivity contribution in [1.29, 1.82) is 0 Å². The van der Waals surface area contributed by atoms with Gasteiger partial charge in [-0.25, -0.2) is 0 Å². The van der Waals surface area contributed by atoms with E-state index in [2.05, 4.69) is 0 Å². The van der Waals surface area contributed by atoms with Gasteiger partial charge in [-0.1, -0.05) is 0 Å². The standard InChI is InChI=1S/C9H13F3N2O3/c10-9(11,12)8(17)13-5-7(16)14-3-1-6(15)2-4-14/h6,15H,1-5H2,(H,13,17). The molecule has 0 aliphatic carbocycles. The lowest BCUT2D eigenvalue weighted by atomic mass is 10.1. The molecule has 0 radical (unpaired) electrons. The zero-order chi connectivity index (χ0) is 13.1. The van der Waals surface area contributed by atoms with Gasteiger partial charge in [0.05, 0.1) is 12.6 Å². The van der Waals surface area contributed by atoms with Crippen LogP contribution >= 0.6 is 0 Å². The van der Waals surface area contributed by atoms with Crippen molar-refractivity contribution in [2.75, 3.05) is 19.6 Å². The minimum atomic E-state index is -4.97. The molecule has 0 aromatic rings. The highest BCUT2D eigenvalue weighted by Gasteiger charge is 2.38. The lowest BCUT2D eigenvalue weighted by Crippen LogP contribution is -2.47. The number of aliphatic hydroxyl groups excluding tert-OH is 1. The fourth-order valence-electron chi connectivity index (χ4n) is 1.48. The highest BCUT2D eigenvalue weighted by Crippen LogP contribution is 2.14. The number of nitrogens with one attached hydrogen (secondary N) is 1. The van der Waals surface area contributed by atoms with Gasteiger partial charge < -0.3 is 15.3 Å². The maximum atomic E-state index is 11.8. The van der Waals surface area contributed by atoms with Crippen LogP contribution < -0.4 is 5.32 Å². The van der Waals surface area contributed by atoms with E-state index in [9.17, 15) is 27.9 Å². The summed E-state index contributed by atoms with van der Waals surface area (Å²) in [5.74, 6) is -2.70. The van der Waals surface area contributed by atoms with Gasteiger partial charge in [-0.2, -0.15) is 13.2 Å². The highest BCUT2D eigenvalue weighted by molar-refractivity contribution is 5.87. The molecule has 0 unspecified atom stereocenters. The first-order chi connectivity index (χ1) is 7.80. The molecule has 5 nitrogen and oxygen atoms in total. The average molecular weight is 254 g/mol. The summed E-state index contributed by atoms with van der Waals surface area (Å²) in [6, 6.07) is 0. The molecule has 8 heteroatoms. The van der Waals surface area contributed by atoms with E-state index in [1.54, 1.807) is 0 Å². The molecule has 98 valence electrons. The van der Waals surface area contributed by atoms with E-state index in [0.29, 0.717) is 25.9 Å². The Morgan fingerprint density at radius 2 is 1.82 bits per heavy atom. The first-order valence-electron chi connectivity index (χ1n) is 5.11. The molecule has 0 aromatic heterocycles. The van der Waals surface area contributed by atoms with Crippen LogP contribution in [-0.2, 0) is 9.59 Å². The van der Waals surface area contributed by atoms with Gasteiger partial charge in [-0.3, -0.25) is 9.59 Å². The first kappa shape index (κ1) is 13.8. The average Bonchev–Trinajstić information content (AvgIpc) is 2.25. The monoisotopic (exact) mass is 254 g/mol. The van der Waals surface area contributed by atoms with E-state index in [1.807, 2.05) is 0 Å². The molecule has 0 spiro atoms. The van der Waals surface area contributed by atoms with E-state index >= 15 is 0 Å². The molecule has 1 saturated heterocycles. The van der Waals surface area contributed by atoms with Crippen molar-refractivity contribution in [3.05, 3.63) is 0 Å². The fourth-order valence-corrected chi connectivity index (χ4v) is 1.48. The molecule has 1 rings (SSSR count). The number of hydrogen-bond acceptors (Lipinski definition) is 3. The second-order valence-corrected chi connectivity index (χ2v) is 3.79. The third-order valence-corrected chi connectivity index (χ3v) is 2.47. The van der Waals surface area contributed by atoms with Gasteiger partial charge in [0.25, 0.3) is 0 Å². The number of amides is 2. The molecular formula is C9H13F3N2O3. The van der Waals surface area contributed by atoms with Crippen LogP contribution in [0.3, 0.4) is 0 Å². The van der Waals surface area contributed by atoms with E-state index < -0.39 is 30.6 Å². The second-order valence-electron chi connectivity index (χ2n) is 3.79. The summed E-state index contributed by atoms with van der Waals surface area (Å²) in [7, 11) is 0. The molecule has 1 aliphatic rings. The zero-order valence-electron chi connectivity index (χ0n) is 8.96. The summed E-state index contributed by atoms with van der Waals surface area (Å²) in [6.45, 7) is -0.0851. The lowest BCUT2D eigenvalue weighted by molar-refractivity contribution is -0.174. The van der Waals surface area contributed by atoms with Crippen LogP contribution in [0.1, 0.15) is 12.8 Å². The minimum absolute atomic E-state index is 0.294. The quantitative estimate of drug-likeness (QED) is 0.707. The Kier molecular flexibility index (Phi) is 4.33. The van der Waals surface area contributed by atoms with E-state index in [-0.39, 0.29) is 0 Å². The number of halogens is 3. The molecule has 1 aliphatic heterocycles. The van der Waals surface area contributed by atoms with Crippen LogP contribution in [0.5, 0.6) is 0 Å². The lowest BCUT2D eigenvalue weighted by Gasteiger charge is -2.29. The molecular weight excluding hydrogens is 241 g/mol. The number of likely N-dealkylation sites (tertiary alicyclic amines) is 1. The first-order valence-corrected chi connectivity index (χ1v) is 5.11. The van der Waals surface area contributed by atoms with Crippen molar-refractivity contribution in [3.8, 4) is 0 Å². The number of rotatable bonds is 2. The third kappa shape index (κ3) is 4.22.